The molecule has 0 aromatic carbocycles. The molecule has 1 atom stereocenters. The van der Waals surface area contributed by atoms with Gasteiger partial charge in [-0.15, -0.1) is 0 Å². The van der Waals surface area contributed by atoms with Crippen LogP contribution in [0.15, 0.2) is 0 Å². The van der Waals surface area contributed by atoms with Gasteiger partial charge in [-0.25, -0.2) is 0 Å². The van der Waals surface area contributed by atoms with E-state index < -0.39 is 17.5 Å². The summed E-state index contributed by atoms with van der Waals surface area (Å²) < 4.78 is 39.0. The third kappa shape index (κ3) is 2.79. The minimum Gasteiger partial charge on any atom is -0.355 e. The van der Waals surface area contributed by atoms with E-state index in [0.717, 1.165) is 18.8 Å². The maximum absolute atomic E-state index is 13.0. The number of nitrogens with one attached hydrogen (secondary N) is 2. The predicted octanol–water partition coefficient (Wildman–Crippen LogP) is 1.83. The maximum atomic E-state index is 13.0. The lowest BCUT2D eigenvalue weighted by atomic mass is 9.85. The lowest BCUT2D eigenvalue weighted by Crippen LogP contribution is -2.52. The van der Waals surface area contributed by atoms with E-state index >= 15 is 0 Å². The van der Waals surface area contributed by atoms with Crippen molar-refractivity contribution in [2.24, 2.45) is 11.3 Å². The molecule has 0 aromatic rings. The summed E-state index contributed by atoms with van der Waals surface area (Å²) in [5.74, 6) is -0.123. The molecule has 2 rings (SSSR count). The Morgan fingerprint density at radius 3 is 2.61 bits per heavy atom. The minimum atomic E-state index is -4.48. The fourth-order valence-corrected chi connectivity index (χ4v) is 2.42. The normalized spacial score (nSPS) is 28.4. The summed E-state index contributed by atoms with van der Waals surface area (Å²) in [7, 11) is 0. The van der Waals surface area contributed by atoms with E-state index in [4.69, 9.17) is 0 Å². The predicted molar refractivity (Wildman–Crippen MR) is 60.9 cm³/mol. The molecule has 6 heteroatoms. The molecule has 104 valence electrons. The molecule has 2 aliphatic rings. The number of carbonyl (C=O) groups excluding carboxylic acids is 1. The van der Waals surface area contributed by atoms with E-state index in [1.165, 1.54) is 12.8 Å². The van der Waals surface area contributed by atoms with Crippen LogP contribution in [0.3, 0.4) is 0 Å². The molecular formula is C12H19F3N2O. The first-order chi connectivity index (χ1) is 8.46. The second-order valence-corrected chi connectivity index (χ2v) is 5.35. The molecule has 2 N–H and O–H groups in total. The largest absolute Gasteiger partial charge is 0.404 e. The molecule has 2 fully saturated rings. The highest BCUT2D eigenvalue weighted by Gasteiger charge is 2.61. The van der Waals surface area contributed by atoms with Crippen molar-refractivity contribution < 1.29 is 18.0 Å². The SMILES string of the molecule is O=C(NCCCC1CC1)C1(C(F)(F)F)CCNC1. The Morgan fingerprint density at radius 1 is 1.39 bits per heavy atom. The van der Waals surface area contributed by atoms with Crippen LogP contribution < -0.4 is 10.6 Å². The van der Waals surface area contributed by atoms with E-state index in [2.05, 4.69) is 10.6 Å². The fraction of sp³-hybridized carbons (Fsp3) is 0.917. The van der Waals surface area contributed by atoms with Crippen molar-refractivity contribution in [3.8, 4) is 0 Å². The molecule has 1 aliphatic carbocycles. The molecule has 1 heterocycles. The Hall–Kier alpha value is -0.780. The molecular weight excluding hydrogens is 245 g/mol. The number of amides is 1. The summed E-state index contributed by atoms with van der Waals surface area (Å²) in [6, 6.07) is 0. The van der Waals surface area contributed by atoms with Gasteiger partial charge in [-0.05, 0) is 31.7 Å². The molecule has 1 aliphatic heterocycles. The molecule has 1 saturated heterocycles. The van der Waals surface area contributed by atoms with Crippen LogP contribution in [0.4, 0.5) is 13.2 Å². The zero-order valence-corrected chi connectivity index (χ0v) is 10.3. The summed E-state index contributed by atoms with van der Waals surface area (Å²) in [6.45, 7) is 0.299. The summed E-state index contributed by atoms with van der Waals surface area (Å²) >= 11 is 0. The molecule has 0 aromatic heterocycles. The first-order valence-electron chi connectivity index (χ1n) is 6.51. The van der Waals surface area contributed by atoms with Gasteiger partial charge >= 0.3 is 6.18 Å². The van der Waals surface area contributed by atoms with Crippen LogP contribution in [-0.4, -0.2) is 31.7 Å². The van der Waals surface area contributed by atoms with Crippen LogP contribution in [0.25, 0.3) is 0 Å². The number of carbonyl (C=O) groups is 1. The van der Waals surface area contributed by atoms with Crippen LogP contribution in [0, 0.1) is 11.3 Å². The molecule has 1 unspecified atom stereocenters. The summed E-state index contributed by atoms with van der Waals surface area (Å²) in [4.78, 5) is 11.8. The van der Waals surface area contributed by atoms with E-state index in [-0.39, 0.29) is 19.5 Å². The van der Waals surface area contributed by atoms with E-state index in [0.29, 0.717) is 6.54 Å². The van der Waals surface area contributed by atoms with Crippen molar-refractivity contribution in [2.45, 2.75) is 38.3 Å². The van der Waals surface area contributed by atoms with Gasteiger partial charge in [-0.3, -0.25) is 4.79 Å². The third-order valence-electron chi connectivity index (χ3n) is 3.90. The van der Waals surface area contributed by atoms with Crippen molar-refractivity contribution in [1.29, 1.82) is 0 Å². The van der Waals surface area contributed by atoms with Crippen LogP contribution >= 0.6 is 0 Å². The average molecular weight is 264 g/mol. The van der Waals surface area contributed by atoms with Crippen LogP contribution in [0.1, 0.15) is 32.1 Å². The van der Waals surface area contributed by atoms with Crippen molar-refractivity contribution >= 4 is 5.91 Å². The van der Waals surface area contributed by atoms with Crippen LogP contribution in [0.5, 0.6) is 0 Å². The van der Waals surface area contributed by atoms with Gasteiger partial charge in [0.25, 0.3) is 0 Å². The zero-order chi connectivity index (χ0) is 13.2. The highest BCUT2D eigenvalue weighted by atomic mass is 19.4. The standard InChI is InChI=1S/C12H19F3N2O/c13-12(14,15)11(5-7-16-8-11)10(18)17-6-1-2-9-3-4-9/h9,16H,1-8H2,(H,17,18). The molecule has 0 bridgehead atoms. The molecule has 0 radical (unpaired) electrons. The summed E-state index contributed by atoms with van der Waals surface area (Å²) in [5.41, 5.74) is -2.22. The van der Waals surface area contributed by atoms with Gasteiger partial charge in [-0.2, -0.15) is 13.2 Å². The number of halogens is 3. The number of alkyl halides is 3. The van der Waals surface area contributed by atoms with E-state index in [9.17, 15) is 18.0 Å². The molecule has 18 heavy (non-hydrogen) atoms. The number of hydrogen-bond donors (Lipinski definition) is 2. The van der Waals surface area contributed by atoms with Crippen LogP contribution in [-0.2, 0) is 4.79 Å². The van der Waals surface area contributed by atoms with E-state index in [1.807, 2.05) is 0 Å². The first kappa shape index (κ1) is 13.6. The Bertz CT molecular complexity index is 307. The lowest BCUT2D eigenvalue weighted by molar-refractivity contribution is -0.216. The number of rotatable bonds is 5. The van der Waals surface area contributed by atoms with Gasteiger partial charge < -0.3 is 10.6 Å². The summed E-state index contributed by atoms with van der Waals surface area (Å²) in [6.07, 6.45) is -0.397. The lowest BCUT2D eigenvalue weighted by Gasteiger charge is -2.29. The first-order valence-corrected chi connectivity index (χ1v) is 6.51. The monoisotopic (exact) mass is 264 g/mol. The minimum absolute atomic E-state index is 0.162. The average Bonchev–Trinajstić information content (AvgIpc) is 2.95. The second-order valence-electron chi connectivity index (χ2n) is 5.35. The highest BCUT2D eigenvalue weighted by molar-refractivity contribution is 5.84. The third-order valence-corrected chi connectivity index (χ3v) is 3.90. The van der Waals surface area contributed by atoms with Gasteiger partial charge in [0.15, 0.2) is 5.41 Å². The van der Waals surface area contributed by atoms with Crippen molar-refractivity contribution in [3.63, 3.8) is 0 Å². The fourth-order valence-electron chi connectivity index (χ4n) is 2.42. The maximum Gasteiger partial charge on any atom is 0.404 e. The van der Waals surface area contributed by atoms with E-state index in [1.54, 1.807) is 0 Å². The van der Waals surface area contributed by atoms with Crippen molar-refractivity contribution in [3.05, 3.63) is 0 Å². The Kier molecular flexibility index (Phi) is 3.84. The molecule has 1 amide bonds. The zero-order valence-electron chi connectivity index (χ0n) is 10.3. The molecule has 3 nitrogen and oxygen atoms in total. The van der Waals surface area contributed by atoms with Gasteiger partial charge in [0.05, 0.1) is 0 Å². The second kappa shape index (κ2) is 5.07. The molecule has 1 saturated carbocycles. The van der Waals surface area contributed by atoms with Crippen molar-refractivity contribution in [1.82, 2.24) is 10.6 Å². The Morgan fingerprint density at radius 2 is 2.11 bits per heavy atom. The Labute approximate surface area is 104 Å². The Balaban J connectivity index is 1.83. The smallest absolute Gasteiger partial charge is 0.355 e. The highest BCUT2D eigenvalue weighted by Crippen LogP contribution is 2.43. The van der Waals surface area contributed by atoms with Crippen LogP contribution in [0.2, 0.25) is 0 Å². The molecule has 0 spiro atoms. The summed E-state index contributed by atoms with van der Waals surface area (Å²) in [5, 5.41) is 5.09. The van der Waals surface area contributed by atoms with Gasteiger partial charge in [0.2, 0.25) is 5.91 Å². The van der Waals surface area contributed by atoms with Gasteiger partial charge in [0, 0.05) is 13.1 Å². The van der Waals surface area contributed by atoms with Gasteiger partial charge in [-0.1, -0.05) is 12.8 Å². The van der Waals surface area contributed by atoms with Crippen molar-refractivity contribution in [2.75, 3.05) is 19.6 Å². The number of hydrogen-bond acceptors (Lipinski definition) is 2. The topological polar surface area (TPSA) is 41.1 Å². The quantitative estimate of drug-likeness (QED) is 0.744. The van der Waals surface area contributed by atoms with Gasteiger partial charge in [0.1, 0.15) is 0 Å².